The van der Waals surface area contributed by atoms with E-state index >= 15 is 0 Å². The first-order chi connectivity index (χ1) is 10.5. The molecular weight excluding hydrogens is 316 g/mol. The summed E-state index contributed by atoms with van der Waals surface area (Å²) in [6, 6.07) is 0.257. The lowest BCUT2D eigenvalue weighted by molar-refractivity contribution is -0.182. The Morgan fingerprint density at radius 1 is 1.30 bits per heavy atom. The van der Waals surface area contributed by atoms with Crippen molar-refractivity contribution in [2.45, 2.75) is 77.2 Å². The molecule has 0 aromatic carbocycles. The van der Waals surface area contributed by atoms with Gasteiger partial charge in [-0.3, -0.25) is 4.79 Å². The Morgan fingerprint density at radius 3 is 2.43 bits per heavy atom. The zero-order valence-corrected chi connectivity index (χ0v) is 15.7. The Labute approximate surface area is 146 Å². The molecule has 1 saturated carbocycles. The van der Waals surface area contributed by atoms with Gasteiger partial charge in [0.15, 0.2) is 0 Å². The lowest BCUT2D eigenvalue weighted by atomic mass is 9.58. The number of carbonyl (C=O) groups excluding carboxylic acids is 1. The Bertz CT molecular complexity index is 390. The van der Waals surface area contributed by atoms with Crippen molar-refractivity contribution in [3.05, 3.63) is 0 Å². The number of nitrogens with zero attached hydrogens (tertiary/aromatic N) is 1. The minimum Gasteiger partial charge on any atom is -0.378 e. The summed E-state index contributed by atoms with van der Waals surface area (Å²) in [5, 5.41) is 0. The SMILES string of the molecule is CCOC1CC(N(C)C(=O)[C@@H]2CC[C@H](CN)O2)C1(CC)CC.Cl. The van der Waals surface area contributed by atoms with Crippen LogP contribution < -0.4 is 5.73 Å². The fourth-order valence-corrected chi connectivity index (χ4v) is 4.32. The predicted molar refractivity (Wildman–Crippen MR) is 93.8 cm³/mol. The maximum Gasteiger partial charge on any atom is 0.251 e. The van der Waals surface area contributed by atoms with Crippen molar-refractivity contribution >= 4 is 18.3 Å². The van der Waals surface area contributed by atoms with Gasteiger partial charge >= 0.3 is 0 Å². The smallest absolute Gasteiger partial charge is 0.251 e. The van der Waals surface area contributed by atoms with Crippen LogP contribution in [0, 0.1) is 5.41 Å². The molecule has 1 amide bonds. The molecule has 0 radical (unpaired) electrons. The van der Waals surface area contributed by atoms with Gasteiger partial charge in [0.25, 0.3) is 5.91 Å². The van der Waals surface area contributed by atoms with E-state index in [0.29, 0.717) is 6.54 Å². The molecule has 1 saturated heterocycles. The van der Waals surface area contributed by atoms with Crippen LogP contribution in [-0.2, 0) is 14.3 Å². The fraction of sp³-hybridized carbons (Fsp3) is 0.941. The molecule has 0 spiro atoms. The van der Waals surface area contributed by atoms with Gasteiger partial charge in [-0.2, -0.15) is 0 Å². The van der Waals surface area contributed by atoms with Crippen molar-refractivity contribution in [1.29, 1.82) is 0 Å². The molecular formula is C17H33ClN2O3. The van der Waals surface area contributed by atoms with E-state index in [1.807, 2.05) is 18.9 Å². The van der Waals surface area contributed by atoms with Crippen LogP contribution in [0.15, 0.2) is 0 Å². The van der Waals surface area contributed by atoms with Gasteiger partial charge in [-0.1, -0.05) is 13.8 Å². The number of hydrogen-bond donors (Lipinski definition) is 1. The molecule has 2 unspecified atom stereocenters. The summed E-state index contributed by atoms with van der Waals surface area (Å²) in [5.74, 6) is 0.113. The van der Waals surface area contributed by atoms with Gasteiger partial charge in [-0.25, -0.2) is 0 Å². The summed E-state index contributed by atoms with van der Waals surface area (Å²) in [6.07, 6.45) is 4.69. The molecule has 4 atom stereocenters. The average Bonchev–Trinajstić information content (AvgIpc) is 3.00. The van der Waals surface area contributed by atoms with Gasteiger partial charge < -0.3 is 20.1 Å². The molecule has 5 nitrogen and oxygen atoms in total. The van der Waals surface area contributed by atoms with Crippen LogP contribution in [0.25, 0.3) is 0 Å². The van der Waals surface area contributed by atoms with E-state index < -0.39 is 0 Å². The topological polar surface area (TPSA) is 64.8 Å². The van der Waals surface area contributed by atoms with E-state index in [4.69, 9.17) is 15.2 Å². The van der Waals surface area contributed by atoms with Crippen LogP contribution in [0.4, 0.5) is 0 Å². The third-order valence-corrected chi connectivity index (χ3v) is 5.89. The minimum atomic E-state index is -0.309. The van der Waals surface area contributed by atoms with Crippen molar-refractivity contribution in [2.75, 3.05) is 20.2 Å². The normalized spacial score (nSPS) is 32.0. The monoisotopic (exact) mass is 348 g/mol. The van der Waals surface area contributed by atoms with Crippen molar-refractivity contribution in [3.63, 3.8) is 0 Å². The highest BCUT2D eigenvalue weighted by molar-refractivity contribution is 5.85. The molecule has 1 aliphatic heterocycles. The van der Waals surface area contributed by atoms with E-state index in [0.717, 1.165) is 38.7 Å². The number of amides is 1. The molecule has 6 heteroatoms. The molecule has 0 aromatic rings. The number of rotatable bonds is 7. The summed E-state index contributed by atoms with van der Waals surface area (Å²) in [6.45, 7) is 7.68. The molecule has 0 bridgehead atoms. The molecule has 2 N–H and O–H groups in total. The number of nitrogens with two attached hydrogens (primary N) is 1. The largest absolute Gasteiger partial charge is 0.378 e. The highest BCUT2D eigenvalue weighted by Gasteiger charge is 2.56. The van der Waals surface area contributed by atoms with Crippen LogP contribution in [0.2, 0.25) is 0 Å². The first-order valence-corrected chi connectivity index (χ1v) is 8.77. The molecule has 1 heterocycles. The second kappa shape index (κ2) is 8.65. The number of carbonyl (C=O) groups is 1. The maximum atomic E-state index is 12.7. The third kappa shape index (κ3) is 3.68. The molecule has 2 fully saturated rings. The predicted octanol–water partition coefficient (Wildman–Crippen LogP) is 2.36. The second-order valence-corrected chi connectivity index (χ2v) is 6.64. The quantitative estimate of drug-likeness (QED) is 0.767. The Hall–Kier alpha value is -0.360. The fourth-order valence-electron chi connectivity index (χ4n) is 4.32. The first-order valence-electron chi connectivity index (χ1n) is 8.77. The van der Waals surface area contributed by atoms with Gasteiger partial charge in [-0.05, 0) is 39.0 Å². The van der Waals surface area contributed by atoms with Crippen LogP contribution in [0.3, 0.4) is 0 Å². The lowest BCUT2D eigenvalue weighted by Gasteiger charge is -2.58. The van der Waals surface area contributed by atoms with Crippen LogP contribution in [0.5, 0.6) is 0 Å². The number of hydrogen-bond acceptors (Lipinski definition) is 4. The van der Waals surface area contributed by atoms with E-state index in [1.165, 1.54) is 0 Å². The highest BCUT2D eigenvalue weighted by atomic mass is 35.5. The summed E-state index contributed by atoms with van der Waals surface area (Å²) in [7, 11) is 1.92. The molecule has 23 heavy (non-hydrogen) atoms. The zero-order valence-electron chi connectivity index (χ0n) is 14.9. The van der Waals surface area contributed by atoms with Crippen LogP contribution >= 0.6 is 12.4 Å². The molecule has 136 valence electrons. The third-order valence-electron chi connectivity index (χ3n) is 5.89. The van der Waals surface area contributed by atoms with Gasteiger partial charge in [0.1, 0.15) is 6.10 Å². The Balaban J connectivity index is 0.00000264. The summed E-state index contributed by atoms with van der Waals surface area (Å²) >= 11 is 0. The first kappa shape index (κ1) is 20.7. The van der Waals surface area contributed by atoms with E-state index in [9.17, 15) is 4.79 Å². The lowest BCUT2D eigenvalue weighted by Crippen LogP contribution is -2.65. The zero-order chi connectivity index (χ0) is 16.3. The van der Waals surface area contributed by atoms with Gasteiger partial charge in [-0.15, -0.1) is 12.4 Å². The van der Waals surface area contributed by atoms with E-state index in [2.05, 4.69) is 13.8 Å². The van der Waals surface area contributed by atoms with Crippen molar-refractivity contribution in [2.24, 2.45) is 11.1 Å². The van der Waals surface area contributed by atoms with Gasteiger partial charge in [0.2, 0.25) is 0 Å². The summed E-state index contributed by atoms with van der Waals surface area (Å²) in [5.41, 5.74) is 5.73. The number of likely N-dealkylation sites (N-methyl/N-ethyl adjacent to an activating group) is 1. The minimum absolute atomic E-state index is 0. The maximum absolute atomic E-state index is 12.7. The highest BCUT2D eigenvalue weighted by Crippen LogP contribution is 2.51. The van der Waals surface area contributed by atoms with Crippen molar-refractivity contribution in [3.8, 4) is 0 Å². The number of ether oxygens (including phenoxy) is 2. The Morgan fingerprint density at radius 2 is 1.96 bits per heavy atom. The van der Waals surface area contributed by atoms with Gasteiger partial charge in [0.05, 0.1) is 12.2 Å². The van der Waals surface area contributed by atoms with Gasteiger partial charge in [0, 0.05) is 31.7 Å². The Kier molecular flexibility index (Phi) is 7.78. The average molecular weight is 349 g/mol. The van der Waals surface area contributed by atoms with Crippen LogP contribution in [0.1, 0.15) is 52.9 Å². The molecule has 0 aromatic heterocycles. The second-order valence-electron chi connectivity index (χ2n) is 6.64. The van der Waals surface area contributed by atoms with E-state index in [1.54, 1.807) is 0 Å². The standard InChI is InChI=1S/C17H32N2O3.ClH/c1-5-17(6-2)14(10-15(17)21-7-3)19(4)16(20)13-9-8-12(11-18)22-13;/h12-15H,5-11,18H2,1-4H3;1H/t12-,13+,14?,15?;/m1./s1. The van der Waals surface area contributed by atoms with E-state index in [-0.39, 0.29) is 48.1 Å². The molecule has 1 aliphatic carbocycles. The molecule has 2 rings (SSSR count). The number of halogens is 1. The van der Waals surface area contributed by atoms with Crippen LogP contribution in [-0.4, -0.2) is 55.4 Å². The summed E-state index contributed by atoms with van der Waals surface area (Å²) in [4.78, 5) is 14.7. The van der Waals surface area contributed by atoms with Crippen molar-refractivity contribution < 1.29 is 14.3 Å². The van der Waals surface area contributed by atoms with Crippen molar-refractivity contribution in [1.82, 2.24) is 4.90 Å². The molecule has 2 aliphatic rings. The summed E-state index contributed by atoms with van der Waals surface area (Å²) < 4.78 is 11.7.